The molecule has 1 aromatic carbocycles. The van der Waals surface area contributed by atoms with Crippen LogP contribution in [0.3, 0.4) is 0 Å². The molecule has 0 amide bonds. The predicted octanol–water partition coefficient (Wildman–Crippen LogP) is -0.609. The van der Waals surface area contributed by atoms with Gasteiger partial charge >= 0.3 is 35.5 Å². The number of fused-ring (bicyclic) bond motifs is 2. The van der Waals surface area contributed by atoms with Gasteiger partial charge in [0.15, 0.2) is 11.1 Å². The molecule has 2 aromatic heterocycles. The number of aromatic carboxylic acids is 1. The molecular formula is C13H8ClN2NaO4. The number of nitrogens with zero attached hydrogens (tertiary/aromatic N) is 1. The van der Waals surface area contributed by atoms with Crippen molar-refractivity contribution < 1.29 is 45.3 Å². The summed E-state index contributed by atoms with van der Waals surface area (Å²) in [7, 11) is 0. The quantitative estimate of drug-likeness (QED) is 0.458. The van der Waals surface area contributed by atoms with Gasteiger partial charge in [0, 0.05) is 11.1 Å². The van der Waals surface area contributed by atoms with Crippen molar-refractivity contribution >= 4 is 45.5 Å². The first kappa shape index (κ1) is 15.8. The van der Waals surface area contributed by atoms with Crippen LogP contribution in [-0.4, -0.2) is 16.1 Å². The fourth-order valence-electron chi connectivity index (χ4n) is 1.94. The monoisotopic (exact) mass is 314 g/mol. The Kier molecular flexibility index (Phi) is 4.25. The van der Waals surface area contributed by atoms with Gasteiger partial charge in [-0.2, -0.15) is 0 Å². The molecule has 0 saturated carbocycles. The van der Waals surface area contributed by atoms with Crippen LogP contribution in [0.4, 0.5) is 5.82 Å². The number of carboxylic acid groups (broad SMARTS) is 1. The SMILES string of the molecule is Nc1nc2c(=O)c3cc(Cl)ccc3oc2cc1C(=O)O.[H-].[Na+]. The molecule has 0 radical (unpaired) electrons. The van der Waals surface area contributed by atoms with Crippen LogP contribution in [0.25, 0.3) is 22.1 Å². The number of rotatable bonds is 1. The van der Waals surface area contributed by atoms with E-state index in [-0.39, 0.29) is 58.9 Å². The van der Waals surface area contributed by atoms with Gasteiger partial charge in [-0.3, -0.25) is 4.79 Å². The number of hydrogen-bond acceptors (Lipinski definition) is 5. The number of benzene rings is 1. The fraction of sp³-hybridized carbons (Fsp3) is 0. The normalized spacial score (nSPS) is 10.5. The summed E-state index contributed by atoms with van der Waals surface area (Å²) in [6, 6.07) is 5.76. The summed E-state index contributed by atoms with van der Waals surface area (Å²) in [6.45, 7) is 0. The molecule has 3 rings (SSSR count). The van der Waals surface area contributed by atoms with Gasteiger partial charge in [0.2, 0.25) is 5.43 Å². The summed E-state index contributed by atoms with van der Waals surface area (Å²) in [5.74, 6) is -1.48. The number of anilines is 1. The van der Waals surface area contributed by atoms with Crippen LogP contribution >= 0.6 is 11.6 Å². The Morgan fingerprint density at radius 1 is 1.33 bits per heavy atom. The van der Waals surface area contributed by atoms with E-state index in [9.17, 15) is 9.59 Å². The van der Waals surface area contributed by atoms with Crippen molar-refractivity contribution in [3.05, 3.63) is 45.1 Å². The van der Waals surface area contributed by atoms with E-state index < -0.39 is 11.4 Å². The minimum atomic E-state index is -1.24. The van der Waals surface area contributed by atoms with E-state index in [2.05, 4.69) is 4.98 Å². The molecule has 0 aliphatic carbocycles. The molecule has 0 fully saturated rings. The van der Waals surface area contributed by atoms with E-state index in [0.717, 1.165) is 0 Å². The Morgan fingerprint density at radius 2 is 2.05 bits per heavy atom. The van der Waals surface area contributed by atoms with Crippen molar-refractivity contribution in [3.8, 4) is 0 Å². The minimum Gasteiger partial charge on any atom is -1.00 e. The zero-order valence-electron chi connectivity index (χ0n) is 11.9. The molecule has 3 N–H and O–H groups in total. The molecule has 0 spiro atoms. The fourth-order valence-corrected chi connectivity index (χ4v) is 2.11. The van der Waals surface area contributed by atoms with E-state index in [0.29, 0.717) is 10.6 Å². The molecule has 6 nitrogen and oxygen atoms in total. The minimum absolute atomic E-state index is 0. The van der Waals surface area contributed by atoms with Crippen LogP contribution in [0.15, 0.2) is 33.5 Å². The van der Waals surface area contributed by atoms with E-state index in [1.807, 2.05) is 0 Å². The Hall–Kier alpha value is -1.60. The van der Waals surface area contributed by atoms with Crippen LogP contribution in [-0.2, 0) is 0 Å². The van der Waals surface area contributed by atoms with Crippen molar-refractivity contribution in [2.24, 2.45) is 0 Å². The largest absolute Gasteiger partial charge is 1.00 e. The van der Waals surface area contributed by atoms with Gasteiger partial charge in [0.05, 0.1) is 5.39 Å². The summed E-state index contributed by atoms with van der Waals surface area (Å²) in [6.07, 6.45) is 0. The number of nitrogen functional groups attached to an aromatic ring is 1. The molecule has 102 valence electrons. The van der Waals surface area contributed by atoms with Crippen molar-refractivity contribution in [1.29, 1.82) is 0 Å². The number of carbonyl (C=O) groups is 1. The number of hydrogen-bond donors (Lipinski definition) is 2. The molecule has 0 bridgehead atoms. The second-order valence-electron chi connectivity index (χ2n) is 4.14. The van der Waals surface area contributed by atoms with Gasteiger partial charge in [0.25, 0.3) is 0 Å². The van der Waals surface area contributed by atoms with Crippen LogP contribution < -0.4 is 40.7 Å². The second kappa shape index (κ2) is 5.65. The average Bonchev–Trinajstić information content (AvgIpc) is 2.40. The van der Waals surface area contributed by atoms with Crippen molar-refractivity contribution in [2.45, 2.75) is 0 Å². The number of aromatic nitrogens is 1. The first-order valence-electron chi connectivity index (χ1n) is 5.53. The van der Waals surface area contributed by atoms with Crippen molar-refractivity contribution in [3.63, 3.8) is 0 Å². The van der Waals surface area contributed by atoms with Crippen molar-refractivity contribution in [1.82, 2.24) is 4.98 Å². The molecule has 3 aromatic rings. The van der Waals surface area contributed by atoms with E-state index in [1.54, 1.807) is 6.07 Å². The van der Waals surface area contributed by atoms with Gasteiger partial charge < -0.3 is 16.7 Å². The molecule has 0 atom stereocenters. The van der Waals surface area contributed by atoms with E-state index in [4.69, 9.17) is 26.9 Å². The Bertz CT molecular complexity index is 945. The molecule has 21 heavy (non-hydrogen) atoms. The summed E-state index contributed by atoms with van der Waals surface area (Å²) in [5, 5.41) is 9.64. The van der Waals surface area contributed by atoms with E-state index in [1.165, 1.54) is 18.2 Å². The summed E-state index contributed by atoms with van der Waals surface area (Å²) in [4.78, 5) is 27.1. The molecule has 0 aliphatic rings. The Morgan fingerprint density at radius 3 is 2.71 bits per heavy atom. The second-order valence-corrected chi connectivity index (χ2v) is 4.58. The average molecular weight is 315 g/mol. The van der Waals surface area contributed by atoms with Gasteiger partial charge in [-0.15, -0.1) is 0 Å². The van der Waals surface area contributed by atoms with Crippen LogP contribution in [0, 0.1) is 0 Å². The number of pyridine rings is 1. The molecule has 8 heteroatoms. The maximum absolute atomic E-state index is 12.3. The third-order valence-electron chi connectivity index (χ3n) is 2.87. The van der Waals surface area contributed by atoms with Crippen LogP contribution in [0.2, 0.25) is 5.02 Å². The summed E-state index contributed by atoms with van der Waals surface area (Å²) >= 11 is 5.84. The maximum Gasteiger partial charge on any atom is 1.00 e. The molecule has 0 unspecified atom stereocenters. The number of halogens is 1. The smallest absolute Gasteiger partial charge is 1.00 e. The van der Waals surface area contributed by atoms with Gasteiger partial charge in [-0.25, -0.2) is 9.78 Å². The zero-order valence-corrected chi connectivity index (χ0v) is 13.6. The maximum atomic E-state index is 12.3. The van der Waals surface area contributed by atoms with Gasteiger partial charge in [0.1, 0.15) is 17.0 Å². The van der Waals surface area contributed by atoms with E-state index >= 15 is 0 Å². The first-order valence-corrected chi connectivity index (χ1v) is 5.91. The van der Waals surface area contributed by atoms with Crippen LogP contribution in [0.1, 0.15) is 11.8 Å². The molecule has 2 heterocycles. The van der Waals surface area contributed by atoms with Gasteiger partial charge in [-0.1, -0.05) is 11.6 Å². The molecular weight excluding hydrogens is 307 g/mol. The number of carboxylic acids is 1. The topological polar surface area (TPSA) is 106 Å². The standard InChI is InChI=1S/C13H7ClN2O4.Na.H/c14-5-1-2-8-6(3-5)11(17)10-9(20-8)4-7(13(18)19)12(15)16-10;;/h1-4H,(H2,15,16)(H,18,19);;/q;+1;-1. The Balaban J connectivity index is 0.00000121. The summed E-state index contributed by atoms with van der Waals surface area (Å²) < 4.78 is 5.49. The van der Waals surface area contributed by atoms with Gasteiger partial charge in [-0.05, 0) is 18.2 Å². The molecule has 0 saturated heterocycles. The predicted molar refractivity (Wildman–Crippen MR) is 75.3 cm³/mol. The molecule has 0 aliphatic heterocycles. The van der Waals surface area contributed by atoms with Crippen LogP contribution in [0.5, 0.6) is 0 Å². The Labute approximate surface area is 146 Å². The third kappa shape index (κ3) is 2.63. The third-order valence-corrected chi connectivity index (χ3v) is 3.10. The first-order chi connectivity index (χ1) is 9.47. The summed E-state index contributed by atoms with van der Waals surface area (Å²) in [5.41, 5.74) is 5.25. The zero-order chi connectivity index (χ0) is 14.4. The number of nitrogens with two attached hydrogens (primary N) is 1. The van der Waals surface area contributed by atoms with Crippen molar-refractivity contribution in [2.75, 3.05) is 5.73 Å².